The van der Waals surface area contributed by atoms with E-state index in [0.29, 0.717) is 23.0 Å². The highest BCUT2D eigenvalue weighted by molar-refractivity contribution is 5.77. The maximum atomic E-state index is 10.8. The minimum Gasteiger partial charge on any atom is -0.424 e. The molecule has 7 heteroatoms. The van der Waals surface area contributed by atoms with Gasteiger partial charge in [0.25, 0.3) is 11.7 Å². The number of nitrogens with one attached hydrogen (secondary N) is 2. The zero-order valence-electron chi connectivity index (χ0n) is 11.8. The van der Waals surface area contributed by atoms with Gasteiger partial charge in [-0.1, -0.05) is 0 Å². The van der Waals surface area contributed by atoms with Gasteiger partial charge in [-0.25, -0.2) is 0 Å². The van der Waals surface area contributed by atoms with E-state index in [-0.39, 0.29) is 11.7 Å². The van der Waals surface area contributed by atoms with E-state index in [2.05, 4.69) is 22.5 Å². The average Bonchev–Trinajstić information content (AvgIpc) is 2.89. The number of benzene rings is 1. The maximum Gasteiger partial charge on any atom is 0.295 e. The molecule has 21 heavy (non-hydrogen) atoms. The van der Waals surface area contributed by atoms with Gasteiger partial charge in [-0.3, -0.25) is 10.1 Å². The Bertz CT molecular complexity index is 649. The van der Waals surface area contributed by atoms with Crippen molar-refractivity contribution < 1.29 is 9.34 Å². The third-order valence-corrected chi connectivity index (χ3v) is 3.98. The molecular formula is C14H18N4O3. The zero-order chi connectivity index (χ0) is 14.8. The second kappa shape index (κ2) is 5.69. The highest BCUT2D eigenvalue weighted by atomic mass is 16.6. The molecule has 2 unspecified atom stereocenters. The van der Waals surface area contributed by atoms with Gasteiger partial charge in [0.05, 0.1) is 4.92 Å². The third-order valence-electron chi connectivity index (χ3n) is 3.98. The summed E-state index contributed by atoms with van der Waals surface area (Å²) in [6.45, 7) is 4.17. The molecule has 1 saturated heterocycles. The van der Waals surface area contributed by atoms with Gasteiger partial charge in [0, 0.05) is 18.2 Å². The molecule has 0 amide bonds. The van der Waals surface area contributed by atoms with Crippen LogP contribution in [0.4, 0.5) is 11.7 Å². The van der Waals surface area contributed by atoms with Crippen LogP contribution in [0.25, 0.3) is 11.1 Å². The lowest BCUT2D eigenvalue weighted by Crippen LogP contribution is -2.38. The first-order valence-corrected chi connectivity index (χ1v) is 7.16. The maximum absolute atomic E-state index is 10.8. The Balaban J connectivity index is 1.76. The molecule has 112 valence electrons. The molecule has 0 saturated carbocycles. The number of nitro groups is 1. The lowest BCUT2D eigenvalue weighted by Gasteiger charge is -2.28. The van der Waals surface area contributed by atoms with E-state index in [1.54, 1.807) is 6.07 Å². The second-order valence-electron chi connectivity index (χ2n) is 5.47. The highest BCUT2D eigenvalue weighted by Gasteiger charge is 2.21. The summed E-state index contributed by atoms with van der Waals surface area (Å²) in [7, 11) is 0. The third kappa shape index (κ3) is 2.97. The molecule has 1 aliphatic heterocycles. The monoisotopic (exact) mass is 290 g/mol. The van der Waals surface area contributed by atoms with Crippen molar-refractivity contribution in [2.24, 2.45) is 5.92 Å². The molecule has 2 atom stereocenters. The van der Waals surface area contributed by atoms with Crippen molar-refractivity contribution in [2.75, 3.05) is 18.4 Å². The Labute approximate surface area is 121 Å². The summed E-state index contributed by atoms with van der Waals surface area (Å²) in [6.07, 6.45) is 2.35. The first-order chi connectivity index (χ1) is 10.1. The van der Waals surface area contributed by atoms with E-state index in [0.717, 1.165) is 13.1 Å². The standard InChI is InChI=1S/C14H18N4O3/c1-9(10-3-2-6-15-8-10)16-14-17-12-7-11(18(19)20)4-5-13(12)21-14/h4-5,7,9-10,15H,2-3,6,8H2,1H3,(H,16,17). The van der Waals surface area contributed by atoms with Crippen molar-refractivity contribution in [3.05, 3.63) is 28.3 Å². The lowest BCUT2D eigenvalue weighted by molar-refractivity contribution is -0.384. The van der Waals surface area contributed by atoms with E-state index >= 15 is 0 Å². The largest absolute Gasteiger partial charge is 0.424 e. The van der Waals surface area contributed by atoms with E-state index in [1.165, 1.54) is 25.0 Å². The number of fused-ring (bicyclic) bond motifs is 1. The molecule has 0 spiro atoms. The summed E-state index contributed by atoms with van der Waals surface area (Å²) < 4.78 is 5.60. The fraction of sp³-hybridized carbons (Fsp3) is 0.500. The predicted octanol–water partition coefficient (Wildman–Crippen LogP) is 2.54. The van der Waals surface area contributed by atoms with Crippen molar-refractivity contribution in [2.45, 2.75) is 25.8 Å². The summed E-state index contributed by atoms with van der Waals surface area (Å²) in [5.74, 6) is 0.531. The Morgan fingerprint density at radius 3 is 3.14 bits per heavy atom. The number of piperidine rings is 1. The van der Waals surface area contributed by atoms with Gasteiger partial charge >= 0.3 is 0 Å². The molecule has 1 aromatic carbocycles. The van der Waals surface area contributed by atoms with Crippen LogP contribution in [0.3, 0.4) is 0 Å². The number of aromatic nitrogens is 1. The van der Waals surface area contributed by atoms with Gasteiger partial charge in [0.1, 0.15) is 5.52 Å². The molecule has 1 fully saturated rings. The van der Waals surface area contributed by atoms with Crippen LogP contribution in [0.1, 0.15) is 19.8 Å². The molecule has 0 aliphatic carbocycles. The summed E-state index contributed by atoms with van der Waals surface area (Å²) in [5.41, 5.74) is 1.07. The molecule has 2 N–H and O–H groups in total. The Hall–Kier alpha value is -2.15. The number of anilines is 1. The molecule has 3 rings (SSSR count). The second-order valence-corrected chi connectivity index (χ2v) is 5.47. The Morgan fingerprint density at radius 2 is 2.43 bits per heavy atom. The van der Waals surface area contributed by atoms with Crippen LogP contribution in [-0.4, -0.2) is 29.0 Å². The van der Waals surface area contributed by atoms with Crippen molar-refractivity contribution >= 4 is 22.8 Å². The van der Waals surface area contributed by atoms with Crippen molar-refractivity contribution in [3.63, 3.8) is 0 Å². The first kappa shape index (κ1) is 13.8. The minimum absolute atomic E-state index is 0.0203. The number of nitrogens with zero attached hydrogens (tertiary/aromatic N) is 2. The van der Waals surface area contributed by atoms with Crippen LogP contribution in [-0.2, 0) is 0 Å². The van der Waals surface area contributed by atoms with Crippen LogP contribution < -0.4 is 10.6 Å². The molecule has 0 bridgehead atoms. The molecule has 1 aromatic heterocycles. The lowest BCUT2D eigenvalue weighted by atomic mass is 9.93. The van der Waals surface area contributed by atoms with E-state index in [9.17, 15) is 10.1 Å². The number of hydrogen-bond acceptors (Lipinski definition) is 6. The van der Waals surface area contributed by atoms with Gasteiger partial charge in [-0.2, -0.15) is 4.98 Å². The summed E-state index contributed by atoms with van der Waals surface area (Å²) >= 11 is 0. The summed E-state index contributed by atoms with van der Waals surface area (Å²) in [5, 5.41) is 17.4. The van der Waals surface area contributed by atoms with Crippen molar-refractivity contribution in [1.29, 1.82) is 0 Å². The summed E-state index contributed by atoms with van der Waals surface area (Å²) in [4.78, 5) is 14.6. The molecule has 1 aliphatic rings. The number of oxazole rings is 1. The smallest absolute Gasteiger partial charge is 0.295 e. The fourth-order valence-electron chi connectivity index (χ4n) is 2.71. The fourth-order valence-corrected chi connectivity index (χ4v) is 2.71. The average molecular weight is 290 g/mol. The molecule has 2 heterocycles. The van der Waals surface area contributed by atoms with Crippen LogP contribution >= 0.6 is 0 Å². The SMILES string of the molecule is CC(Nc1nc2cc([N+](=O)[O-])ccc2o1)C1CCCNC1. The number of non-ortho nitro benzene ring substituents is 1. The highest BCUT2D eigenvalue weighted by Crippen LogP contribution is 2.25. The number of rotatable bonds is 4. The van der Waals surface area contributed by atoms with Gasteiger partial charge in [-0.05, 0) is 44.8 Å². The quantitative estimate of drug-likeness (QED) is 0.664. The van der Waals surface area contributed by atoms with Gasteiger partial charge < -0.3 is 15.1 Å². The van der Waals surface area contributed by atoms with E-state index < -0.39 is 4.92 Å². The molecule has 0 radical (unpaired) electrons. The zero-order valence-corrected chi connectivity index (χ0v) is 11.8. The van der Waals surface area contributed by atoms with Crippen LogP contribution in [0.2, 0.25) is 0 Å². The van der Waals surface area contributed by atoms with Crippen LogP contribution in [0.15, 0.2) is 22.6 Å². The van der Waals surface area contributed by atoms with Crippen molar-refractivity contribution in [1.82, 2.24) is 10.3 Å². The van der Waals surface area contributed by atoms with Gasteiger partial charge in [0.2, 0.25) is 0 Å². The van der Waals surface area contributed by atoms with Crippen LogP contribution in [0, 0.1) is 16.0 Å². The topological polar surface area (TPSA) is 93.2 Å². The Kier molecular flexibility index (Phi) is 3.74. The summed E-state index contributed by atoms with van der Waals surface area (Å²) in [6, 6.07) is 5.09. The van der Waals surface area contributed by atoms with Crippen molar-refractivity contribution in [3.8, 4) is 0 Å². The van der Waals surface area contributed by atoms with Crippen LogP contribution in [0.5, 0.6) is 0 Å². The molecule has 2 aromatic rings. The predicted molar refractivity (Wildman–Crippen MR) is 79.3 cm³/mol. The minimum atomic E-state index is -0.433. The van der Waals surface area contributed by atoms with E-state index in [4.69, 9.17) is 4.42 Å². The van der Waals surface area contributed by atoms with Gasteiger partial charge in [0.15, 0.2) is 5.58 Å². The number of hydrogen-bond donors (Lipinski definition) is 2. The normalized spacial score (nSPS) is 20.3. The Morgan fingerprint density at radius 1 is 1.57 bits per heavy atom. The molecular weight excluding hydrogens is 272 g/mol. The van der Waals surface area contributed by atoms with Gasteiger partial charge in [-0.15, -0.1) is 0 Å². The molecule has 7 nitrogen and oxygen atoms in total. The first-order valence-electron chi connectivity index (χ1n) is 7.16. The van der Waals surface area contributed by atoms with E-state index in [1.807, 2.05) is 0 Å². The number of nitro benzene ring substituents is 1.